The molecule has 0 unspecified atom stereocenters. The third kappa shape index (κ3) is 3.11. The fraction of sp³-hybridized carbons (Fsp3) is 0.600. The van der Waals surface area contributed by atoms with Crippen LogP contribution in [0.1, 0.15) is 44.4 Å². The minimum Gasteiger partial charge on any atom is -0.403 e. The highest BCUT2D eigenvalue weighted by Crippen LogP contribution is 2.38. The lowest BCUT2D eigenvalue weighted by atomic mass is 9.78. The predicted molar refractivity (Wildman–Crippen MR) is 76.0 cm³/mol. The fourth-order valence-corrected chi connectivity index (χ4v) is 2.44. The third-order valence-electron chi connectivity index (χ3n) is 4.44. The molecule has 1 aromatic rings. The Kier molecular flexibility index (Phi) is 3.91. The number of benzene rings is 1. The maximum absolute atomic E-state index is 12.9. The summed E-state index contributed by atoms with van der Waals surface area (Å²) in [7, 11) is -0.530. The van der Waals surface area contributed by atoms with Gasteiger partial charge in [0, 0.05) is 6.32 Å². The Morgan fingerprint density at radius 1 is 1.05 bits per heavy atom. The van der Waals surface area contributed by atoms with Crippen LogP contribution < -0.4 is 0 Å². The smallest absolute Gasteiger partial charge is 0.403 e. The van der Waals surface area contributed by atoms with E-state index >= 15 is 0 Å². The van der Waals surface area contributed by atoms with Gasteiger partial charge in [-0.15, -0.1) is 0 Å². The van der Waals surface area contributed by atoms with E-state index in [0.717, 1.165) is 6.07 Å². The second-order valence-corrected chi connectivity index (χ2v) is 6.48. The summed E-state index contributed by atoms with van der Waals surface area (Å²) in [6.45, 7) is 9.18. The van der Waals surface area contributed by atoms with Gasteiger partial charge in [0.05, 0.1) is 16.8 Å². The van der Waals surface area contributed by atoms with E-state index in [0.29, 0.717) is 11.9 Å². The summed E-state index contributed by atoms with van der Waals surface area (Å²) in [5.41, 5.74) is -0.722. The van der Waals surface area contributed by atoms with Crippen LogP contribution in [0.15, 0.2) is 18.2 Å². The Hall–Kier alpha value is -1.01. The maximum atomic E-state index is 12.9. The lowest BCUT2D eigenvalue weighted by Crippen LogP contribution is -2.41. The first-order chi connectivity index (χ1) is 9.44. The lowest BCUT2D eigenvalue weighted by Gasteiger charge is -2.32. The van der Waals surface area contributed by atoms with Crippen LogP contribution in [0.2, 0.25) is 0 Å². The van der Waals surface area contributed by atoms with Gasteiger partial charge in [0.1, 0.15) is 0 Å². The highest BCUT2D eigenvalue weighted by molar-refractivity contribution is 6.45. The Labute approximate surface area is 123 Å². The molecule has 0 amide bonds. The number of halogens is 3. The van der Waals surface area contributed by atoms with Crippen LogP contribution in [0.3, 0.4) is 0 Å². The van der Waals surface area contributed by atoms with Crippen molar-refractivity contribution >= 4 is 7.12 Å². The molecular formula is C15H20BF3O2. The Bertz CT molecular complexity index is 522. The predicted octanol–water partition coefficient (Wildman–Crippen LogP) is 4.19. The molecule has 0 radical (unpaired) electrons. The number of hydrogen-bond acceptors (Lipinski definition) is 2. The monoisotopic (exact) mass is 300 g/mol. The van der Waals surface area contributed by atoms with Crippen molar-refractivity contribution in [2.75, 3.05) is 0 Å². The van der Waals surface area contributed by atoms with E-state index in [1.807, 2.05) is 27.7 Å². The first-order valence-corrected chi connectivity index (χ1v) is 6.95. The Morgan fingerprint density at radius 3 is 2.05 bits per heavy atom. The van der Waals surface area contributed by atoms with E-state index in [1.54, 1.807) is 6.07 Å². The molecule has 0 saturated carbocycles. The second-order valence-electron chi connectivity index (χ2n) is 6.48. The summed E-state index contributed by atoms with van der Waals surface area (Å²) in [4.78, 5) is 0. The zero-order valence-electron chi connectivity index (χ0n) is 13.0. The van der Waals surface area contributed by atoms with E-state index < -0.39 is 30.1 Å². The standard InChI is InChI=1S/C15H20BF3O2/c1-10-11(7-6-8-12(10)15(17,18)19)9-16-20-13(2,3)14(4,5)21-16/h6-8H,9H2,1-5H3. The quantitative estimate of drug-likeness (QED) is 0.763. The van der Waals surface area contributed by atoms with Gasteiger partial charge in [-0.2, -0.15) is 13.2 Å². The van der Waals surface area contributed by atoms with Gasteiger partial charge in [-0.05, 0) is 51.8 Å². The van der Waals surface area contributed by atoms with Gasteiger partial charge < -0.3 is 9.31 Å². The molecule has 0 aliphatic carbocycles. The van der Waals surface area contributed by atoms with Crippen LogP contribution in [-0.2, 0) is 21.8 Å². The molecular weight excluding hydrogens is 280 g/mol. The normalized spacial score (nSPS) is 20.9. The molecule has 1 heterocycles. The Balaban J connectivity index is 2.23. The molecule has 1 aliphatic rings. The van der Waals surface area contributed by atoms with Gasteiger partial charge in [0.15, 0.2) is 0 Å². The molecule has 0 aromatic heterocycles. The summed E-state index contributed by atoms with van der Waals surface area (Å²) >= 11 is 0. The van der Waals surface area contributed by atoms with Crippen molar-refractivity contribution < 1.29 is 22.5 Å². The summed E-state index contributed by atoms with van der Waals surface area (Å²) in [6.07, 6.45) is -4.03. The van der Waals surface area contributed by atoms with Crippen molar-refractivity contribution in [1.82, 2.24) is 0 Å². The van der Waals surface area contributed by atoms with Crippen LogP contribution in [-0.4, -0.2) is 18.3 Å². The first-order valence-electron chi connectivity index (χ1n) is 6.95. The van der Waals surface area contributed by atoms with Gasteiger partial charge in [-0.1, -0.05) is 12.1 Å². The van der Waals surface area contributed by atoms with E-state index in [2.05, 4.69) is 0 Å². The van der Waals surface area contributed by atoms with Crippen LogP contribution in [0, 0.1) is 6.92 Å². The topological polar surface area (TPSA) is 18.5 Å². The van der Waals surface area contributed by atoms with Gasteiger partial charge in [-0.25, -0.2) is 0 Å². The summed E-state index contributed by atoms with van der Waals surface area (Å²) in [5, 5.41) is 0. The molecule has 116 valence electrons. The maximum Gasteiger partial charge on any atom is 0.462 e. The number of rotatable bonds is 2. The van der Waals surface area contributed by atoms with Crippen LogP contribution >= 0.6 is 0 Å². The highest BCUT2D eigenvalue weighted by Gasteiger charge is 2.51. The van der Waals surface area contributed by atoms with E-state index in [4.69, 9.17) is 9.31 Å². The fourth-order valence-electron chi connectivity index (χ4n) is 2.44. The molecule has 0 spiro atoms. The highest BCUT2D eigenvalue weighted by atomic mass is 19.4. The zero-order chi connectivity index (χ0) is 16.1. The molecule has 6 heteroatoms. The summed E-state index contributed by atoms with van der Waals surface area (Å²) in [5.74, 6) is 0. The summed E-state index contributed by atoms with van der Waals surface area (Å²) in [6, 6.07) is 4.22. The first kappa shape index (κ1) is 16.4. The van der Waals surface area contributed by atoms with Gasteiger partial charge in [0.2, 0.25) is 0 Å². The third-order valence-corrected chi connectivity index (χ3v) is 4.44. The van der Waals surface area contributed by atoms with Crippen molar-refractivity contribution in [3.8, 4) is 0 Å². The minimum atomic E-state index is -4.34. The SMILES string of the molecule is Cc1c(CB2OC(C)(C)C(C)(C)O2)cccc1C(F)(F)F. The average molecular weight is 300 g/mol. The molecule has 1 aromatic carbocycles. The van der Waals surface area contributed by atoms with E-state index in [9.17, 15) is 13.2 Å². The van der Waals surface area contributed by atoms with Crippen LogP contribution in [0.5, 0.6) is 0 Å². The van der Waals surface area contributed by atoms with Crippen molar-refractivity contribution in [3.63, 3.8) is 0 Å². The van der Waals surface area contributed by atoms with Crippen LogP contribution in [0.25, 0.3) is 0 Å². The second kappa shape index (κ2) is 5.02. The molecule has 0 N–H and O–H groups in total. The van der Waals surface area contributed by atoms with Crippen molar-refractivity contribution in [1.29, 1.82) is 0 Å². The van der Waals surface area contributed by atoms with Crippen molar-refractivity contribution in [2.45, 2.75) is 58.3 Å². The molecule has 1 aliphatic heterocycles. The largest absolute Gasteiger partial charge is 0.462 e. The molecule has 2 rings (SSSR count). The van der Waals surface area contributed by atoms with Gasteiger partial charge in [0.25, 0.3) is 0 Å². The molecule has 21 heavy (non-hydrogen) atoms. The minimum absolute atomic E-state index is 0.236. The lowest BCUT2D eigenvalue weighted by molar-refractivity contribution is -0.138. The van der Waals surface area contributed by atoms with Gasteiger partial charge in [-0.3, -0.25) is 0 Å². The molecule has 2 nitrogen and oxygen atoms in total. The van der Waals surface area contributed by atoms with Crippen molar-refractivity contribution in [3.05, 3.63) is 34.9 Å². The Morgan fingerprint density at radius 2 is 1.57 bits per heavy atom. The summed E-state index contributed by atoms with van der Waals surface area (Å²) < 4.78 is 50.5. The van der Waals surface area contributed by atoms with Gasteiger partial charge >= 0.3 is 13.3 Å². The molecule has 0 atom stereocenters. The van der Waals surface area contributed by atoms with E-state index in [1.165, 1.54) is 13.0 Å². The van der Waals surface area contributed by atoms with Crippen molar-refractivity contribution in [2.24, 2.45) is 0 Å². The zero-order valence-corrected chi connectivity index (χ0v) is 13.0. The van der Waals surface area contributed by atoms with E-state index in [-0.39, 0.29) is 5.56 Å². The molecule has 1 saturated heterocycles. The van der Waals surface area contributed by atoms with Crippen LogP contribution in [0.4, 0.5) is 13.2 Å². The molecule has 0 bridgehead atoms. The number of alkyl halides is 3. The average Bonchev–Trinajstić information content (AvgIpc) is 2.48. The number of hydrogen-bond donors (Lipinski definition) is 0. The molecule has 1 fully saturated rings.